The Balaban J connectivity index is 1.99. The van der Waals surface area contributed by atoms with Gasteiger partial charge in [-0.25, -0.2) is 4.98 Å². The minimum Gasteiger partial charge on any atom is -0.508 e. The minimum absolute atomic E-state index is 0.214. The number of hydrogen-bond donors (Lipinski definition) is 2. The highest BCUT2D eigenvalue weighted by Crippen LogP contribution is 2.29. The number of oxazole rings is 1. The van der Waals surface area contributed by atoms with Gasteiger partial charge in [-0.2, -0.15) is 0 Å². The highest BCUT2D eigenvalue weighted by atomic mass is 35.5. The predicted molar refractivity (Wildman–Crippen MR) is 68.4 cm³/mol. The van der Waals surface area contributed by atoms with Crippen LogP contribution < -0.4 is 0 Å². The molecule has 3 rings (SSSR count). The molecule has 2 heterocycles. The number of hydrogen-bond acceptors (Lipinski definition) is 3. The van der Waals surface area contributed by atoms with Gasteiger partial charge in [0.25, 0.3) is 0 Å². The molecule has 5 heteroatoms. The molecule has 0 bridgehead atoms. The molecular formula is C13H9ClN2O2. The summed E-state index contributed by atoms with van der Waals surface area (Å²) in [6.07, 6.45) is 3.35. The molecule has 3 aromatic rings. The van der Waals surface area contributed by atoms with Crippen molar-refractivity contribution >= 4 is 11.6 Å². The molecule has 0 aliphatic carbocycles. The van der Waals surface area contributed by atoms with Crippen LogP contribution in [0.4, 0.5) is 0 Å². The van der Waals surface area contributed by atoms with E-state index in [4.69, 9.17) is 16.0 Å². The van der Waals surface area contributed by atoms with Crippen molar-refractivity contribution in [2.24, 2.45) is 0 Å². The fourth-order valence-electron chi connectivity index (χ4n) is 1.66. The Bertz CT molecular complexity index is 670. The van der Waals surface area contributed by atoms with E-state index < -0.39 is 0 Å². The predicted octanol–water partition coefficient (Wildman–Crippen LogP) is 3.70. The molecule has 0 atom stereocenters. The van der Waals surface area contributed by atoms with Crippen molar-refractivity contribution in [1.29, 1.82) is 0 Å². The minimum atomic E-state index is 0.214. The number of aromatic amines is 1. The number of H-pyrrole nitrogens is 1. The number of rotatable bonds is 2. The number of aromatic nitrogens is 2. The van der Waals surface area contributed by atoms with Crippen LogP contribution >= 0.6 is 11.6 Å². The SMILES string of the molecule is Oc1ccc(-c2cnc(-c3[nH]ccc3Cl)o2)cc1. The van der Waals surface area contributed by atoms with Gasteiger partial charge in [-0.05, 0) is 30.3 Å². The summed E-state index contributed by atoms with van der Waals surface area (Å²) in [5.41, 5.74) is 1.50. The lowest BCUT2D eigenvalue weighted by Gasteiger charge is -1.96. The Hall–Kier alpha value is -2.20. The maximum absolute atomic E-state index is 9.23. The molecule has 0 amide bonds. The highest BCUT2D eigenvalue weighted by molar-refractivity contribution is 6.32. The van der Waals surface area contributed by atoms with Gasteiger partial charge in [-0.15, -0.1) is 0 Å². The molecular weight excluding hydrogens is 252 g/mol. The van der Waals surface area contributed by atoms with Gasteiger partial charge < -0.3 is 14.5 Å². The second-order valence-corrected chi connectivity index (χ2v) is 4.18. The van der Waals surface area contributed by atoms with Crippen LogP contribution in [-0.2, 0) is 0 Å². The smallest absolute Gasteiger partial charge is 0.244 e. The molecule has 0 aliphatic heterocycles. The summed E-state index contributed by atoms with van der Waals surface area (Å²) in [5, 5.41) is 9.79. The zero-order valence-corrected chi connectivity index (χ0v) is 9.98. The van der Waals surface area contributed by atoms with E-state index in [1.165, 1.54) is 0 Å². The van der Waals surface area contributed by atoms with Crippen LogP contribution in [0.15, 0.2) is 47.1 Å². The van der Waals surface area contributed by atoms with Crippen LogP contribution in [0.2, 0.25) is 5.02 Å². The summed E-state index contributed by atoms with van der Waals surface area (Å²) >= 11 is 5.99. The van der Waals surface area contributed by atoms with E-state index in [1.807, 2.05) is 0 Å². The van der Waals surface area contributed by atoms with Gasteiger partial charge in [-0.3, -0.25) is 0 Å². The first-order valence-electron chi connectivity index (χ1n) is 5.32. The first-order valence-corrected chi connectivity index (χ1v) is 5.70. The van der Waals surface area contributed by atoms with Crippen molar-refractivity contribution < 1.29 is 9.52 Å². The van der Waals surface area contributed by atoms with Gasteiger partial charge in [0.1, 0.15) is 11.4 Å². The first-order chi connectivity index (χ1) is 8.74. The monoisotopic (exact) mass is 260 g/mol. The zero-order valence-electron chi connectivity index (χ0n) is 9.22. The summed E-state index contributed by atoms with van der Waals surface area (Å²) in [6, 6.07) is 8.45. The fourth-order valence-corrected chi connectivity index (χ4v) is 1.86. The molecule has 90 valence electrons. The topological polar surface area (TPSA) is 62.1 Å². The maximum Gasteiger partial charge on any atom is 0.244 e. The van der Waals surface area contributed by atoms with E-state index in [-0.39, 0.29) is 5.75 Å². The Morgan fingerprint density at radius 3 is 2.61 bits per heavy atom. The summed E-state index contributed by atoms with van der Waals surface area (Å²) in [4.78, 5) is 7.14. The summed E-state index contributed by atoms with van der Waals surface area (Å²) in [5.74, 6) is 1.27. The number of phenolic OH excluding ortho intramolecular Hbond substituents is 1. The first kappa shape index (κ1) is 10.9. The third-order valence-corrected chi connectivity index (χ3v) is 2.88. The molecule has 0 fully saturated rings. The van der Waals surface area contributed by atoms with E-state index in [0.717, 1.165) is 5.56 Å². The quantitative estimate of drug-likeness (QED) is 0.739. The average molecular weight is 261 g/mol. The van der Waals surface area contributed by atoms with E-state index in [2.05, 4.69) is 9.97 Å². The molecule has 2 aromatic heterocycles. The zero-order chi connectivity index (χ0) is 12.5. The van der Waals surface area contributed by atoms with Crippen LogP contribution in [0.3, 0.4) is 0 Å². The molecule has 4 nitrogen and oxygen atoms in total. The largest absolute Gasteiger partial charge is 0.508 e. The van der Waals surface area contributed by atoms with Gasteiger partial charge in [-0.1, -0.05) is 11.6 Å². The number of nitrogens with zero attached hydrogens (tertiary/aromatic N) is 1. The van der Waals surface area contributed by atoms with Crippen molar-refractivity contribution in [2.45, 2.75) is 0 Å². The van der Waals surface area contributed by atoms with Crippen molar-refractivity contribution in [1.82, 2.24) is 9.97 Å². The van der Waals surface area contributed by atoms with Gasteiger partial charge in [0, 0.05) is 11.8 Å². The van der Waals surface area contributed by atoms with Crippen molar-refractivity contribution in [2.75, 3.05) is 0 Å². The standard InChI is InChI=1S/C13H9ClN2O2/c14-10-5-6-15-12(10)13-16-7-11(18-13)8-1-3-9(17)4-2-8/h1-7,15,17H. The number of phenols is 1. The number of halogens is 1. The number of benzene rings is 1. The van der Waals surface area contributed by atoms with Gasteiger partial charge in [0.15, 0.2) is 5.76 Å². The maximum atomic E-state index is 9.23. The number of aromatic hydroxyl groups is 1. The van der Waals surface area contributed by atoms with Gasteiger partial charge in [0.05, 0.1) is 11.2 Å². The Kier molecular flexibility index (Phi) is 2.57. The van der Waals surface area contributed by atoms with E-state index in [1.54, 1.807) is 42.7 Å². The molecule has 2 N–H and O–H groups in total. The molecule has 0 spiro atoms. The Labute approximate surface area is 108 Å². The van der Waals surface area contributed by atoms with Crippen LogP contribution in [0.25, 0.3) is 22.9 Å². The lowest BCUT2D eigenvalue weighted by molar-refractivity contribution is 0.475. The third-order valence-electron chi connectivity index (χ3n) is 2.57. The molecule has 18 heavy (non-hydrogen) atoms. The van der Waals surface area contributed by atoms with Crippen molar-refractivity contribution in [3.8, 4) is 28.7 Å². The van der Waals surface area contributed by atoms with Crippen LogP contribution in [-0.4, -0.2) is 15.1 Å². The van der Waals surface area contributed by atoms with E-state index in [9.17, 15) is 5.11 Å². The summed E-state index contributed by atoms with van der Waals surface area (Å²) in [7, 11) is 0. The summed E-state index contributed by atoms with van der Waals surface area (Å²) < 4.78 is 5.63. The second-order valence-electron chi connectivity index (χ2n) is 3.78. The van der Waals surface area contributed by atoms with Crippen molar-refractivity contribution in [3.63, 3.8) is 0 Å². The Morgan fingerprint density at radius 2 is 1.94 bits per heavy atom. The molecule has 0 saturated heterocycles. The van der Waals surface area contributed by atoms with Gasteiger partial charge >= 0.3 is 0 Å². The van der Waals surface area contributed by atoms with Crippen molar-refractivity contribution in [3.05, 3.63) is 47.7 Å². The normalized spacial score (nSPS) is 10.7. The lowest BCUT2D eigenvalue weighted by Crippen LogP contribution is -1.76. The lowest BCUT2D eigenvalue weighted by atomic mass is 10.2. The van der Waals surface area contributed by atoms with Gasteiger partial charge in [0.2, 0.25) is 5.89 Å². The Morgan fingerprint density at radius 1 is 1.17 bits per heavy atom. The fraction of sp³-hybridized carbons (Fsp3) is 0. The van der Waals surface area contributed by atoms with E-state index in [0.29, 0.717) is 22.4 Å². The molecule has 0 radical (unpaired) electrons. The second kappa shape index (κ2) is 4.23. The average Bonchev–Trinajstić information content (AvgIpc) is 2.98. The van der Waals surface area contributed by atoms with E-state index >= 15 is 0 Å². The van der Waals surface area contributed by atoms with Crippen LogP contribution in [0.1, 0.15) is 0 Å². The summed E-state index contributed by atoms with van der Waals surface area (Å²) in [6.45, 7) is 0. The molecule has 0 saturated carbocycles. The number of nitrogens with one attached hydrogen (secondary N) is 1. The molecule has 0 aliphatic rings. The van der Waals surface area contributed by atoms with Crippen LogP contribution in [0.5, 0.6) is 5.75 Å². The third kappa shape index (κ3) is 1.87. The molecule has 0 unspecified atom stereocenters. The molecule has 1 aromatic carbocycles. The highest BCUT2D eigenvalue weighted by Gasteiger charge is 2.12. The van der Waals surface area contributed by atoms with Crippen LogP contribution in [0, 0.1) is 0 Å².